The summed E-state index contributed by atoms with van der Waals surface area (Å²) in [7, 11) is 0. The van der Waals surface area contributed by atoms with Crippen molar-refractivity contribution in [1.29, 1.82) is 0 Å². The average Bonchev–Trinajstić information content (AvgIpc) is 2.89. The first-order chi connectivity index (χ1) is 12.1. The number of hydrogen-bond donors (Lipinski definition) is 1. The summed E-state index contributed by atoms with van der Waals surface area (Å²) >= 11 is 0. The van der Waals surface area contributed by atoms with Gasteiger partial charge in [0.05, 0.1) is 6.04 Å². The van der Waals surface area contributed by atoms with Crippen molar-refractivity contribution >= 4 is 11.9 Å². The minimum absolute atomic E-state index is 0.00398. The minimum atomic E-state index is 0.00398. The van der Waals surface area contributed by atoms with Crippen LogP contribution in [-0.2, 0) is 11.2 Å². The maximum absolute atomic E-state index is 12.7. The molecule has 2 fully saturated rings. The van der Waals surface area contributed by atoms with Gasteiger partial charge < -0.3 is 15.1 Å². The lowest BCUT2D eigenvalue weighted by atomic mass is 9.84. The summed E-state index contributed by atoms with van der Waals surface area (Å²) < 4.78 is 0. The van der Waals surface area contributed by atoms with Crippen molar-refractivity contribution in [2.75, 3.05) is 26.2 Å². The number of carbonyl (C=O) groups is 2. The molecule has 0 radical (unpaired) electrons. The Morgan fingerprint density at radius 2 is 1.72 bits per heavy atom. The minimum Gasteiger partial charge on any atom is -0.339 e. The highest BCUT2D eigenvalue weighted by Gasteiger charge is 2.34. The highest BCUT2D eigenvalue weighted by Crippen LogP contribution is 2.35. The van der Waals surface area contributed by atoms with Gasteiger partial charge in [0, 0.05) is 32.1 Å². The fraction of sp³-hybridized carbons (Fsp3) is 0.600. The molecule has 3 amide bonds. The first-order valence-electron chi connectivity index (χ1n) is 9.55. The van der Waals surface area contributed by atoms with Crippen molar-refractivity contribution in [2.45, 2.75) is 38.6 Å². The van der Waals surface area contributed by atoms with Gasteiger partial charge in [0.2, 0.25) is 5.91 Å². The monoisotopic (exact) mass is 341 g/mol. The lowest BCUT2D eigenvalue weighted by Gasteiger charge is -2.38. The van der Waals surface area contributed by atoms with E-state index in [1.54, 1.807) is 0 Å². The van der Waals surface area contributed by atoms with Crippen LogP contribution in [0.4, 0.5) is 4.79 Å². The molecule has 5 heteroatoms. The third kappa shape index (κ3) is 3.12. The van der Waals surface area contributed by atoms with Gasteiger partial charge >= 0.3 is 6.03 Å². The Hall–Kier alpha value is -2.04. The molecule has 1 aliphatic heterocycles. The molecule has 2 aliphatic carbocycles. The lowest BCUT2D eigenvalue weighted by Crippen LogP contribution is -2.55. The summed E-state index contributed by atoms with van der Waals surface area (Å²) in [5.74, 6) is 0.962. The van der Waals surface area contributed by atoms with Crippen LogP contribution in [0.5, 0.6) is 0 Å². The molecule has 5 nitrogen and oxygen atoms in total. The van der Waals surface area contributed by atoms with Crippen molar-refractivity contribution < 1.29 is 9.59 Å². The predicted octanol–water partition coefficient (Wildman–Crippen LogP) is 2.57. The largest absolute Gasteiger partial charge is 0.339 e. The number of benzene rings is 1. The number of fused-ring (bicyclic) bond motifs is 1. The number of rotatable bonds is 2. The highest BCUT2D eigenvalue weighted by molar-refractivity contribution is 5.80. The van der Waals surface area contributed by atoms with E-state index >= 15 is 0 Å². The van der Waals surface area contributed by atoms with Crippen LogP contribution < -0.4 is 5.32 Å². The zero-order chi connectivity index (χ0) is 17.4. The van der Waals surface area contributed by atoms with Crippen LogP contribution in [0.1, 0.15) is 43.4 Å². The Morgan fingerprint density at radius 3 is 2.40 bits per heavy atom. The molecule has 1 aromatic carbocycles. The number of carbonyl (C=O) groups excluding carboxylic acids is 2. The van der Waals surface area contributed by atoms with Gasteiger partial charge in [0.25, 0.3) is 0 Å². The van der Waals surface area contributed by atoms with Crippen molar-refractivity contribution in [3.05, 3.63) is 35.4 Å². The average molecular weight is 341 g/mol. The van der Waals surface area contributed by atoms with E-state index in [4.69, 9.17) is 0 Å². The van der Waals surface area contributed by atoms with Gasteiger partial charge in [-0.2, -0.15) is 0 Å². The number of nitrogens with one attached hydrogen (secondary N) is 1. The van der Waals surface area contributed by atoms with Gasteiger partial charge in [-0.25, -0.2) is 4.79 Å². The van der Waals surface area contributed by atoms with E-state index < -0.39 is 0 Å². The highest BCUT2D eigenvalue weighted by atomic mass is 16.2. The molecule has 4 rings (SSSR count). The molecular formula is C20H27N3O2. The third-order valence-corrected chi connectivity index (χ3v) is 6.11. The summed E-state index contributed by atoms with van der Waals surface area (Å²) in [6, 6.07) is 8.49. The Morgan fingerprint density at radius 1 is 1.04 bits per heavy atom. The summed E-state index contributed by atoms with van der Waals surface area (Å²) in [5.41, 5.74) is 2.60. The number of urea groups is 1. The second-order valence-electron chi connectivity index (χ2n) is 7.75. The van der Waals surface area contributed by atoms with Crippen LogP contribution in [0, 0.1) is 11.8 Å². The summed E-state index contributed by atoms with van der Waals surface area (Å²) in [6.07, 6.45) is 4.28. The second kappa shape index (κ2) is 6.70. The van der Waals surface area contributed by atoms with Crippen LogP contribution >= 0.6 is 0 Å². The van der Waals surface area contributed by atoms with Gasteiger partial charge in [-0.1, -0.05) is 37.6 Å². The Kier molecular flexibility index (Phi) is 4.40. The first kappa shape index (κ1) is 16.4. The van der Waals surface area contributed by atoms with Gasteiger partial charge in [-0.15, -0.1) is 0 Å². The standard InChI is InChI=1S/C20H27N3O2/c1-14-13-16-5-2-3-8-17(16)18(14)21-20(25)23-11-9-22(10-12-23)19(24)15-6-4-7-15/h2-3,5,8,14-15,18H,4,6-7,9-13H2,1H3,(H,21,25)/t14-,18-/m1/s1. The maximum atomic E-state index is 12.7. The van der Waals surface area contributed by atoms with Crippen molar-refractivity contribution in [2.24, 2.45) is 11.8 Å². The maximum Gasteiger partial charge on any atom is 0.318 e. The van der Waals surface area contributed by atoms with Gasteiger partial charge in [0.1, 0.15) is 0 Å². The number of piperazine rings is 1. The van der Waals surface area contributed by atoms with E-state index in [9.17, 15) is 9.59 Å². The van der Waals surface area contributed by atoms with Crippen LogP contribution in [0.25, 0.3) is 0 Å². The molecule has 1 saturated heterocycles. The third-order valence-electron chi connectivity index (χ3n) is 6.11. The Balaban J connectivity index is 1.33. The molecule has 134 valence electrons. The second-order valence-corrected chi connectivity index (χ2v) is 7.75. The topological polar surface area (TPSA) is 52.7 Å². The number of amides is 3. The normalized spacial score (nSPS) is 26.1. The van der Waals surface area contributed by atoms with Crippen molar-refractivity contribution in [3.8, 4) is 0 Å². The van der Waals surface area contributed by atoms with Crippen molar-refractivity contribution in [3.63, 3.8) is 0 Å². The summed E-state index contributed by atoms with van der Waals surface area (Å²) in [5, 5.41) is 3.23. The predicted molar refractivity (Wildman–Crippen MR) is 96.1 cm³/mol. The Bertz CT molecular complexity index is 663. The molecule has 1 aromatic rings. The van der Waals surface area contributed by atoms with Crippen LogP contribution in [0.3, 0.4) is 0 Å². The SMILES string of the molecule is C[C@@H]1Cc2ccccc2[C@@H]1NC(=O)N1CCN(C(=O)C2CCC2)CC1. The number of hydrogen-bond acceptors (Lipinski definition) is 2. The summed E-state index contributed by atoms with van der Waals surface area (Å²) in [4.78, 5) is 28.8. The van der Waals surface area contributed by atoms with Crippen LogP contribution in [0.15, 0.2) is 24.3 Å². The fourth-order valence-corrected chi connectivity index (χ4v) is 4.28. The summed E-state index contributed by atoms with van der Waals surface area (Å²) in [6.45, 7) is 4.79. The Labute approximate surface area is 149 Å². The van der Waals surface area contributed by atoms with E-state index in [0.717, 1.165) is 19.3 Å². The molecule has 3 aliphatic rings. The van der Waals surface area contributed by atoms with Crippen LogP contribution in [-0.4, -0.2) is 47.9 Å². The molecule has 0 bridgehead atoms. The molecule has 0 aromatic heterocycles. The first-order valence-corrected chi connectivity index (χ1v) is 9.55. The molecule has 2 atom stereocenters. The zero-order valence-corrected chi connectivity index (χ0v) is 14.9. The quantitative estimate of drug-likeness (QED) is 0.899. The molecule has 0 unspecified atom stereocenters. The zero-order valence-electron chi connectivity index (χ0n) is 14.9. The molecule has 25 heavy (non-hydrogen) atoms. The van der Waals surface area contributed by atoms with Gasteiger partial charge in [0.15, 0.2) is 0 Å². The smallest absolute Gasteiger partial charge is 0.318 e. The molecule has 0 spiro atoms. The van der Waals surface area contributed by atoms with E-state index in [1.165, 1.54) is 17.5 Å². The fourth-order valence-electron chi connectivity index (χ4n) is 4.28. The molecule has 1 heterocycles. The van der Waals surface area contributed by atoms with Gasteiger partial charge in [-0.3, -0.25) is 4.79 Å². The molecule has 1 N–H and O–H groups in total. The van der Waals surface area contributed by atoms with E-state index in [2.05, 4.69) is 30.4 Å². The van der Waals surface area contributed by atoms with E-state index in [1.807, 2.05) is 15.9 Å². The molecular weight excluding hydrogens is 314 g/mol. The van der Waals surface area contributed by atoms with Crippen LogP contribution in [0.2, 0.25) is 0 Å². The van der Waals surface area contributed by atoms with E-state index in [0.29, 0.717) is 38.0 Å². The molecule has 1 saturated carbocycles. The van der Waals surface area contributed by atoms with Crippen molar-refractivity contribution in [1.82, 2.24) is 15.1 Å². The lowest BCUT2D eigenvalue weighted by molar-refractivity contribution is -0.139. The van der Waals surface area contributed by atoms with Gasteiger partial charge in [-0.05, 0) is 36.3 Å². The van der Waals surface area contributed by atoms with E-state index in [-0.39, 0.29) is 18.0 Å². The number of nitrogens with zero attached hydrogens (tertiary/aromatic N) is 2.